The van der Waals surface area contributed by atoms with Crippen molar-refractivity contribution in [3.8, 4) is 10.6 Å². The summed E-state index contributed by atoms with van der Waals surface area (Å²) >= 11 is 1.69. The Morgan fingerprint density at radius 2 is 2.30 bits per heavy atom. The molecule has 5 nitrogen and oxygen atoms in total. The minimum Gasteiger partial charge on any atom is -0.388 e. The van der Waals surface area contributed by atoms with Gasteiger partial charge in [-0.15, -0.1) is 11.3 Å². The molecule has 2 aromatic heterocycles. The number of aliphatic hydroxyl groups is 1. The highest BCUT2D eigenvalue weighted by atomic mass is 32.1. The van der Waals surface area contributed by atoms with Crippen molar-refractivity contribution in [3.63, 3.8) is 0 Å². The SMILES string of the molecule is OC1(CNCc2cn[nH]c2-c2cccs2)CCOCC1. The van der Waals surface area contributed by atoms with Gasteiger partial charge in [0.15, 0.2) is 0 Å². The molecule has 0 unspecified atom stereocenters. The smallest absolute Gasteiger partial charge is 0.0815 e. The van der Waals surface area contributed by atoms with Crippen molar-refractivity contribution >= 4 is 11.3 Å². The van der Waals surface area contributed by atoms with Gasteiger partial charge in [-0.05, 0) is 11.4 Å². The van der Waals surface area contributed by atoms with Gasteiger partial charge in [-0.25, -0.2) is 0 Å². The monoisotopic (exact) mass is 293 g/mol. The van der Waals surface area contributed by atoms with Crippen LogP contribution in [-0.2, 0) is 11.3 Å². The third-order valence-electron chi connectivity index (χ3n) is 3.68. The van der Waals surface area contributed by atoms with Crippen molar-refractivity contribution in [1.29, 1.82) is 0 Å². The highest BCUT2D eigenvalue weighted by molar-refractivity contribution is 7.13. The number of aromatic amines is 1. The molecule has 2 aromatic rings. The Morgan fingerprint density at radius 1 is 1.45 bits per heavy atom. The van der Waals surface area contributed by atoms with Crippen LogP contribution in [0.25, 0.3) is 10.6 Å². The first-order valence-electron chi connectivity index (χ1n) is 6.84. The topological polar surface area (TPSA) is 70.2 Å². The molecule has 6 heteroatoms. The summed E-state index contributed by atoms with van der Waals surface area (Å²) in [4.78, 5) is 1.18. The lowest BCUT2D eigenvalue weighted by molar-refractivity contribution is -0.0616. The largest absolute Gasteiger partial charge is 0.388 e. The quantitative estimate of drug-likeness (QED) is 0.786. The van der Waals surface area contributed by atoms with E-state index < -0.39 is 5.60 Å². The minimum absolute atomic E-state index is 0.589. The zero-order valence-corrected chi connectivity index (χ0v) is 12.1. The van der Waals surface area contributed by atoms with E-state index in [1.807, 2.05) is 12.3 Å². The van der Waals surface area contributed by atoms with Gasteiger partial charge in [0.2, 0.25) is 0 Å². The second-order valence-corrected chi connectivity index (χ2v) is 6.14. The molecule has 3 rings (SSSR count). The Morgan fingerprint density at radius 3 is 3.05 bits per heavy atom. The molecule has 0 amide bonds. The number of ether oxygens (including phenoxy) is 1. The normalized spacial score (nSPS) is 18.2. The van der Waals surface area contributed by atoms with Crippen LogP contribution >= 0.6 is 11.3 Å². The molecule has 1 aliphatic rings. The average Bonchev–Trinajstić information content (AvgIpc) is 3.09. The standard InChI is InChI=1S/C14H19N3O2S/c18-14(3-5-19-6-4-14)10-15-8-11-9-16-17-13(11)12-2-1-7-20-12/h1-2,7,9,15,18H,3-6,8,10H2,(H,16,17). The zero-order chi connectivity index (χ0) is 13.8. The summed E-state index contributed by atoms with van der Waals surface area (Å²) < 4.78 is 5.28. The van der Waals surface area contributed by atoms with Crippen LogP contribution in [0.2, 0.25) is 0 Å². The first-order chi connectivity index (χ1) is 9.77. The van der Waals surface area contributed by atoms with E-state index in [2.05, 4.69) is 27.0 Å². The van der Waals surface area contributed by atoms with E-state index in [0.717, 1.165) is 11.3 Å². The molecule has 0 atom stereocenters. The van der Waals surface area contributed by atoms with Gasteiger partial charge in [0.1, 0.15) is 0 Å². The maximum atomic E-state index is 10.4. The van der Waals surface area contributed by atoms with Gasteiger partial charge in [0, 0.05) is 44.7 Å². The summed E-state index contributed by atoms with van der Waals surface area (Å²) in [6.07, 6.45) is 3.24. The maximum absolute atomic E-state index is 10.4. The molecule has 0 aliphatic carbocycles. The molecule has 20 heavy (non-hydrogen) atoms. The van der Waals surface area contributed by atoms with Crippen molar-refractivity contribution in [2.24, 2.45) is 0 Å². The average molecular weight is 293 g/mol. The third kappa shape index (κ3) is 3.09. The molecule has 1 fully saturated rings. The number of nitrogens with one attached hydrogen (secondary N) is 2. The van der Waals surface area contributed by atoms with Crippen molar-refractivity contribution in [3.05, 3.63) is 29.3 Å². The predicted molar refractivity (Wildman–Crippen MR) is 78.6 cm³/mol. The second-order valence-electron chi connectivity index (χ2n) is 5.19. The molecule has 0 bridgehead atoms. The van der Waals surface area contributed by atoms with Gasteiger partial charge in [0.05, 0.1) is 22.4 Å². The number of nitrogens with zero attached hydrogens (tertiary/aromatic N) is 1. The van der Waals surface area contributed by atoms with Gasteiger partial charge in [-0.2, -0.15) is 5.10 Å². The fourth-order valence-corrected chi connectivity index (χ4v) is 3.19. The van der Waals surface area contributed by atoms with Crippen molar-refractivity contribution < 1.29 is 9.84 Å². The van der Waals surface area contributed by atoms with Crippen LogP contribution in [0, 0.1) is 0 Å². The van der Waals surface area contributed by atoms with Gasteiger partial charge < -0.3 is 15.2 Å². The van der Waals surface area contributed by atoms with Crippen molar-refractivity contribution in [1.82, 2.24) is 15.5 Å². The van der Waals surface area contributed by atoms with Crippen LogP contribution in [-0.4, -0.2) is 40.7 Å². The molecule has 3 heterocycles. The summed E-state index contributed by atoms with van der Waals surface area (Å²) in [6.45, 7) is 2.58. The summed E-state index contributed by atoms with van der Waals surface area (Å²) in [5, 5.41) is 22.9. The fraction of sp³-hybridized carbons (Fsp3) is 0.500. The van der Waals surface area contributed by atoms with Gasteiger partial charge >= 0.3 is 0 Å². The predicted octanol–water partition coefficient (Wildman–Crippen LogP) is 1.77. The Balaban J connectivity index is 1.58. The number of rotatable bonds is 5. The number of thiophene rings is 1. The maximum Gasteiger partial charge on any atom is 0.0815 e. The molecule has 0 saturated carbocycles. The van der Waals surface area contributed by atoms with E-state index in [-0.39, 0.29) is 0 Å². The van der Waals surface area contributed by atoms with Crippen LogP contribution in [0.3, 0.4) is 0 Å². The fourth-order valence-electron chi connectivity index (χ4n) is 2.44. The van der Waals surface area contributed by atoms with E-state index in [1.165, 1.54) is 4.88 Å². The Kier molecular flexibility index (Phi) is 4.16. The number of hydrogen-bond donors (Lipinski definition) is 3. The number of hydrogen-bond acceptors (Lipinski definition) is 5. The molecular weight excluding hydrogens is 274 g/mol. The minimum atomic E-state index is -0.634. The molecule has 0 aromatic carbocycles. The van der Waals surface area contributed by atoms with E-state index in [9.17, 15) is 5.11 Å². The lowest BCUT2D eigenvalue weighted by Gasteiger charge is -2.32. The third-order valence-corrected chi connectivity index (χ3v) is 4.57. The Bertz CT molecular complexity index is 532. The van der Waals surface area contributed by atoms with Crippen LogP contribution in [0.1, 0.15) is 18.4 Å². The van der Waals surface area contributed by atoms with Gasteiger partial charge in [0.25, 0.3) is 0 Å². The highest BCUT2D eigenvalue weighted by Crippen LogP contribution is 2.26. The molecule has 0 spiro atoms. The van der Waals surface area contributed by atoms with E-state index in [4.69, 9.17) is 4.74 Å². The summed E-state index contributed by atoms with van der Waals surface area (Å²) in [5.74, 6) is 0. The molecule has 1 saturated heterocycles. The van der Waals surface area contributed by atoms with Crippen molar-refractivity contribution in [2.75, 3.05) is 19.8 Å². The van der Waals surface area contributed by atoms with Gasteiger partial charge in [-0.3, -0.25) is 5.10 Å². The highest BCUT2D eigenvalue weighted by Gasteiger charge is 2.29. The first kappa shape index (κ1) is 13.8. The lowest BCUT2D eigenvalue weighted by atomic mass is 9.94. The lowest BCUT2D eigenvalue weighted by Crippen LogP contribution is -2.44. The molecule has 0 radical (unpaired) electrons. The van der Waals surface area contributed by atoms with Crippen LogP contribution < -0.4 is 5.32 Å². The van der Waals surface area contributed by atoms with E-state index >= 15 is 0 Å². The summed E-state index contributed by atoms with van der Waals surface area (Å²) in [7, 11) is 0. The first-order valence-corrected chi connectivity index (χ1v) is 7.72. The molecule has 3 N–H and O–H groups in total. The summed E-state index contributed by atoms with van der Waals surface area (Å²) in [6, 6.07) is 4.11. The Labute approximate surface area is 122 Å². The van der Waals surface area contributed by atoms with Crippen LogP contribution in [0.5, 0.6) is 0 Å². The second kappa shape index (κ2) is 6.05. The molecular formula is C14H19N3O2S. The number of H-pyrrole nitrogens is 1. The zero-order valence-electron chi connectivity index (χ0n) is 11.3. The van der Waals surface area contributed by atoms with E-state index in [1.54, 1.807) is 11.3 Å². The van der Waals surface area contributed by atoms with E-state index in [0.29, 0.717) is 39.1 Å². The van der Waals surface area contributed by atoms with Crippen LogP contribution in [0.4, 0.5) is 0 Å². The molecule has 1 aliphatic heterocycles. The molecule has 108 valence electrons. The van der Waals surface area contributed by atoms with Crippen molar-refractivity contribution in [2.45, 2.75) is 25.0 Å². The van der Waals surface area contributed by atoms with Crippen LogP contribution in [0.15, 0.2) is 23.7 Å². The Hall–Kier alpha value is -1.21. The van der Waals surface area contributed by atoms with Gasteiger partial charge in [-0.1, -0.05) is 6.07 Å². The summed E-state index contributed by atoms with van der Waals surface area (Å²) in [5.41, 5.74) is 1.56. The number of aromatic nitrogens is 2.